The summed E-state index contributed by atoms with van der Waals surface area (Å²) in [5.41, 5.74) is 11.6. The number of anilines is 5. The molecule has 4 heteroatoms. The Morgan fingerprint density at radius 2 is 0.810 bits per heavy atom. The number of fused-ring (bicyclic) bond motifs is 3. The zero-order valence-electron chi connectivity index (χ0n) is 33.2. The lowest BCUT2D eigenvalue weighted by molar-refractivity contribution is 0.0899. The summed E-state index contributed by atoms with van der Waals surface area (Å²) in [5, 5.41) is 2.67. The number of hydrogen-bond donors (Lipinski definition) is 0. The third-order valence-electron chi connectivity index (χ3n) is 15.6. The van der Waals surface area contributed by atoms with E-state index in [-0.39, 0.29) is 0 Å². The third-order valence-corrected chi connectivity index (χ3v) is 16.7. The van der Waals surface area contributed by atoms with Gasteiger partial charge in [-0.25, -0.2) is 0 Å². The van der Waals surface area contributed by atoms with Crippen molar-refractivity contribution in [2.24, 2.45) is 23.7 Å². The minimum absolute atomic E-state index is 0.732. The Kier molecular flexibility index (Phi) is 7.72. The zero-order valence-corrected chi connectivity index (χ0v) is 34.0. The van der Waals surface area contributed by atoms with Crippen molar-refractivity contribution in [3.05, 3.63) is 140 Å². The van der Waals surface area contributed by atoms with E-state index in [0.717, 1.165) is 47.8 Å². The maximum Gasteiger partial charge on any atom is 0.0476 e. The molecule has 0 N–H and O–H groups in total. The second kappa shape index (κ2) is 13.2. The van der Waals surface area contributed by atoms with Gasteiger partial charge in [0.1, 0.15) is 0 Å². The first kappa shape index (κ1) is 33.9. The summed E-state index contributed by atoms with van der Waals surface area (Å²) in [6.07, 6.45) is 14.1. The molecule has 5 heterocycles. The predicted octanol–water partition coefficient (Wildman–Crippen LogP) is 14.4. The Morgan fingerprint density at radius 1 is 0.362 bits per heavy atom. The largest absolute Gasteiger partial charge is 0.366 e. The molecule has 8 bridgehead atoms. The van der Waals surface area contributed by atoms with Crippen molar-refractivity contribution in [2.75, 3.05) is 14.7 Å². The molecule has 8 aliphatic rings. The van der Waals surface area contributed by atoms with E-state index in [1.807, 2.05) is 11.3 Å². The Hall–Kier alpha value is -5.06. The molecule has 288 valence electrons. The van der Waals surface area contributed by atoms with Crippen molar-refractivity contribution in [3.63, 3.8) is 0 Å². The van der Waals surface area contributed by atoms with Gasteiger partial charge in [-0.3, -0.25) is 0 Å². The predicted molar refractivity (Wildman–Crippen MR) is 245 cm³/mol. The van der Waals surface area contributed by atoms with Gasteiger partial charge in [-0.15, -0.1) is 11.3 Å². The summed E-state index contributed by atoms with van der Waals surface area (Å²) >= 11 is 1.89. The molecule has 4 saturated heterocycles. The first-order valence-corrected chi connectivity index (χ1v) is 23.1. The van der Waals surface area contributed by atoms with Crippen molar-refractivity contribution in [1.82, 2.24) is 0 Å². The van der Waals surface area contributed by atoms with Crippen LogP contribution >= 0.6 is 11.3 Å². The molecular weight excluding hydrogens is 723 g/mol. The normalized spacial score (nSPS) is 27.9. The van der Waals surface area contributed by atoms with E-state index >= 15 is 0 Å². The van der Waals surface area contributed by atoms with E-state index in [9.17, 15) is 0 Å². The molecular formula is C54H51N3S. The van der Waals surface area contributed by atoms with Crippen molar-refractivity contribution in [3.8, 4) is 22.3 Å². The van der Waals surface area contributed by atoms with Crippen LogP contribution in [0.15, 0.2) is 140 Å². The van der Waals surface area contributed by atoms with Crippen LogP contribution in [0.5, 0.6) is 0 Å². The van der Waals surface area contributed by atoms with Crippen LogP contribution in [0.1, 0.15) is 64.2 Å². The van der Waals surface area contributed by atoms with Crippen molar-refractivity contribution in [1.29, 1.82) is 0 Å². The first-order chi connectivity index (χ1) is 28.6. The highest BCUT2D eigenvalue weighted by Crippen LogP contribution is 2.52. The zero-order chi connectivity index (χ0) is 37.9. The molecule has 0 unspecified atom stereocenters. The van der Waals surface area contributed by atoms with Gasteiger partial charge in [0.15, 0.2) is 0 Å². The molecule has 7 aromatic rings. The minimum atomic E-state index is 0.732. The van der Waals surface area contributed by atoms with Crippen LogP contribution in [0.4, 0.5) is 28.4 Å². The van der Waals surface area contributed by atoms with Crippen LogP contribution in [0, 0.1) is 23.7 Å². The van der Waals surface area contributed by atoms with Crippen LogP contribution in [-0.4, -0.2) is 24.2 Å². The van der Waals surface area contributed by atoms with Gasteiger partial charge in [0.2, 0.25) is 0 Å². The molecule has 58 heavy (non-hydrogen) atoms. The molecule has 0 atom stereocenters. The van der Waals surface area contributed by atoms with Crippen molar-refractivity contribution >= 4 is 59.9 Å². The Balaban J connectivity index is 0.837. The lowest BCUT2D eigenvalue weighted by Crippen LogP contribution is -2.58. The van der Waals surface area contributed by atoms with E-state index in [1.54, 1.807) is 0 Å². The maximum atomic E-state index is 2.82. The number of thiophene rings is 1. The second-order valence-corrected chi connectivity index (χ2v) is 20.1. The first-order valence-electron chi connectivity index (χ1n) is 22.3. The van der Waals surface area contributed by atoms with E-state index in [1.165, 1.54) is 135 Å². The highest BCUT2D eigenvalue weighted by Gasteiger charge is 2.48. The molecule has 0 radical (unpaired) electrons. The molecule has 4 aliphatic carbocycles. The number of piperidine rings is 4. The summed E-state index contributed by atoms with van der Waals surface area (Å²) in [6, 6.07) is 56.3. The van der Waals surface area contributed by atoms with Crippen LogP contribution in [0.3, 0.4) is 0 Å². The minimum Gasteiger partial charge on any atom is -0.366 e. The fraction of sp³-hybridized carbons (Fsp3) is 0.333. The van der Waals surface area contributed by atoms with E-state index in [0.29, 0.717) is 0 Å². The molecule has 3 nitrogen and oxygen atoms in total. The lowest BCUT2D eigenvalue weighted by atomic mass is 9.63. The van der Waals surface area contributed by atoms with Gasteiger partial charge in [-0.05, 0) is 177 Å². The fourth-order valence-corrected chi connectivity index (χ4v) is 14.6. The van der Waals surface area contributed by atoms with Crippen LogP contribution in [0.25, 0.3) is 42.4 Å². The van der Waals surface area contributed by atoms with Crippen LogP contribution in [0.2, 0.25) is 0 Å². The molecule has 0 spiro atoms. The van der Waals surface area contributed by atoms with Gasteiger partial charge in [0, 0.05) is 72.8 Å². The number of rotatable bonds is 7. The van der Waals surface area contributed by atoms with Crippen LogP contribution in [-0.2, 0) is 0 Å². The average Bonchev–Trinajstić information content (AvgIpc) is 3.62. The molecule has 4 aliphatic heterocycles. The third kappa shape index (κ3) is 5.58. The summed E-state index contributed by atoms with van der Waals surface area (Å²) in [5.74, 6) is 3.87. The van der Waals surface area contributed by atoms with E-state index < -0.39 is 0 Å². The molecule has 15 rings (SSSR count). The summed E-state index contributed by atoms with van der Waals surface area (Å²) < 4.78 is 2.67. The standard InChI is InChI=1S/C54H51N3S/c1-2-10-53-51(9-1)52-20-19-46(33-54(52)58-53)55(42-15-11-38(12-16-42)40-5-3-7-44(31-40)56-47-23-34-21-35(25-47)26-48(56)24-34)43-17-13-39(14-18-43)41-6-4-8-45(32-41)57-49-27-36-22-37(29-49)30-50(57)28-36/h1-20,31-37,47-50H,21-30H2. The highest BCUT2D eigenvalue weighted by molar-refractivity contribution is 7.25. The second-order valence-electron chi connectivity index (χ2n) is 19.1. The van der Waals surface area contributed by atoms with Crippen molar-refractivity contribution in [2.45, 2.75) is 88.4 Å². The summed E-state index contributed by atoms with van der Waals surface area (Å²) in [7, 11) is 0. The monoisotopic (exact) mass is 773 g/mol. The summed E-state index contributed by atoms with van der Waals surface area (Å²) in [4.78, 5) is 8.08. The van der Waals surface area contributed by atoms with E-state index in [4.69, 9.17) is 0 Å². The van der Waals surface area contributed by atoms with Crippen LogP contribution < -0.4 is 14.7 Å². The quantitative estimate of drug-likeness (QED) is 0.160. The Morgan fingerprint density at radius 3 is 1.31 bits per heavy atom. The molecule has 6 aromatic carbocycles. The highest BCUT2D eigenvalue weighted by atomic mass is 32.1. The Labute approximate surface area is 346 Å². The average molecular weight is 774 g/mol. The molecule has 0 amide bonds. The van der Waals surface area contributed by atoms with Gasteiger partial charge >= 0.3 is 0 Å². The SMILES string of the molecule is c1cc(-c2ccc(N(c3ccc(-c4cccc(N5C6CC7CC(C6)CC5C7)c4)cc3)c3ccc4c(c3)sc3ccccc34)cc2)cc(N2C3CC4CC(C3)CC2C4)c1. The van der Waals surface area contributed by atoms with Crippen molar-refractivity contribution < 1.29 is 0 Å². The van der Waals surface area contributed by atoms with Gasteiger partial charge in [-0.1, -0.05) is 72.8 Å². The van der Waals surface area contributed by atoms with E-state index in [2.05, 4.69) is 154 Å². The molecule has 1 aromatic heterocycles. The number of benzene rings is 6. The van der Waals surface area contributed by atoms with Gasteiger partial charge < -0.3 is 14.7 Å². The topological polar surface area (TPSA) is 9.72 Å². The van der Waals surface area contributed by atoms with Gasteiger partial charge in [0.25, 0.3) is 0 Å². The smallest absolute Gasteiger partial charge is 0.0476 e. The van der Waals surface area contributed by atoms with Gasteiger partial charge in [-0.2, -0.15) is 0 Å². The molecule has 8 fully saturated rings. The number of nitrogens with zero attached hydrogens (tertiary/aromatic N) is 3. The lowest BCUT2D eigenvalue weighted by Gasteiger charge is -2.57. The number of hydrogen-bond acceptors (Lipinski definition) is 4. The maximum absolute atomic E-state index is 2.82. The Bertz CT molecular complexity index is 2490. The fourth-order valence-electron chi connectivity index (χ4n) is 13.5. The van der Waals surface area contributed by atoms with Gasteiger partial charge in [0.05, 0.1) is 0 Å². The molecule has 4 saturated carbocycles. The summed E-state index contributed by atoms with van der Waals surface area (Å²) in [6.45, 7) is 0.